The molecule has 0 aliphatic rings. The van der Waals surface area contributed by atoms with Gasteiger partial charge in [0, 0.05) is 27.1 Å². The van der Waals surface area contributed by atoms with E-state index in [2.05, 4.69) is 5.32 Å². The second-order valence-corrected chi connectivity index (χ2v) is 5.37. The number of carbonyl (C=O) groups excluding carboxylic acids is 2. The van der Waals surface area contributed by atoms with E-state index < -0.39 is 0 Å². The van der Waals surface area contributed by atoms with Crippen LogP contribution in [0.15, 0.2) is 0 Å². The average molecular weight is 257 g/mol. The van der Waals surface area contributed by atoms with Crippen LogP contribution in [0.4, 0.5) is 0 Å². The fourth-order valence-corrected chi connectivity index (χ4v) is 1.63. The molecule has 0 bridgehead atoms. The second-order valence-electron chi connectivity index (χ2n) is 5.37. The molecular weight excluding hydrogens is 230 g/mol. The van der Waals surface area contributed by atoms with Crippen molar-refractivity contribution in [3.63, 3.8) is 0 Å². The van der Waals surface area contributed by atoms with Gasteiger partial charge in [0.25, 0.3) is 0 Å². The first-order chi connectivity index (χ1) is 8.25. The minimum absolute atomic E-state index is 0.0664. The van der Waals surface area contributed by atoms with Crippen LogP contribution >= 0.6 is 0 Å². The molecule has 0 aliphatic heterocycles. The van der Waals surface area contributed by atoms with E-state index in [1.165, 1.54) is 11.8 Å². The number of nitrogens with one attached hydrogen (secondary N) is 1. The molecule has 0 aromatic carbocycles. The molecule has 0 saturated carbocycles. The first-order valence-electron chi connectivity index (χ1n) is 6.41. The molecular formula is C13H27N3O2. The van der Waals surface area contributed by atoms with Gasteiger partial charge in [-0.3, -0.25) is 9.59 Å². The number of nitrogens with zero attached hydrogens (tertiary/aromatic N) is 2. The number of carbonyl (C=O) groups is 2. The third-order valence-electron chi connectivity index (χ3n) is 2.82. The summed E-state index contributed by atoms with van der Waals surface area (Å²) >= 11 is 0. The summed E-state index contributed by atoms with van der Waals surface area (Å²) in [6.07, 6.45) is 0.684. The fraction of sp³-hybridized carbons (Fsp3) is 0.846. The third kappa shape index (κ3) is 6.59. The molecule has 1 N–H and O–H groups in total. The van der Waals surface area contributed by atoms with E-state index in [4.69, 9.17) is 0 Å². The lowest BCUT2D eigenvalue weighted by Crippen LogP contribution is -2.48. The zero-order valence-electron chi connectivity index (χ0n) is 12.5. The van der Waals surface area contributed by atoms with Crippen molar-refractivity contribution < 1.29 is 9.59 Å². The highest BCUT2D eigenvalue weighted by Crippen LogP contribution is 2.10. The molecule has 2 amide bonds. The number of rotatable bonds is 7. The van der Waals surface area contributed by atoms with E-state index in [1.54, 1.807) is 7.05 Å². The molecule has 5 nitrogen and oxygen atoms in total. The predicted octanol–water partition coefficient (Wildman–Crippen LogP) is 0.557. The van der Waals surface area contributed by atoms with Crippen LogP contribution in [0.1, 0.15) is 27.2 Å². The van der Waals surface area contributed by atoms with Gasteiger partial charge < -0.3 is 15.1 Å². The maximum absolute atomic E-state index is 12.1. The number of amides is 2. The van der Waals surface area contributed by atoms with Gasteiger partial charge in [0.2, 0.25) is 11.8 Å². The topological polar surface area (TPSA) is 52.7 Å². The zero-order chi connectivity index (χ0) is 14.3. The van der Waals surface area contributed by atoms with Gasteiger partial charge in [0.1, 0.15) is 6.04 Å². The van der Waals surface area contributed by atoms with Crippen molar-refractivity contribution in [1.82, 2.24) is 15.1 Å². The van der Waals surface area contributed by atoms with Crippen molar-refractivity contribution in [2.24, 2.45) is 5.92 Å². The molecule has 0 aromatic rings. The van der Waals surface area contributed by atoms with Crippen LogP contribution in [0.3, 0.4) is 0 Å². The number of hydrogen-bond donors (Lipinski definition) is 1. The maximum Gasteiger partial charge on any atom is 0.242 e. The summed E-state index contributed by atoms with van der Waals surface area (Å²) in [5.74, 6) is 0.225. The summed E-state index contributed by atoms with van der Waals surface area (Å²) in [6, 6.07) is -0.371. The molecule has 0 rings (SSSR count). The Morgan fingerprint density at radius 3 is 2.11 bits per heavy atom. The van der Waals surface area contributed by atoms with Crippen molar-refractivity contribution in [1.29, 1.82) is 0 Å². The molecule has 5 heteroatoms. The van der Waals surface area contributed by atoms with Crippen molar-refractivity contribution in [3.8, 4) is 0 Å². The van der Waals surface area contributed by atoms with Gasteiger partial charge in [-0.05, 0) is 26.4 Å². The maximum atomic E-state index is 12.1. The van der Waals surface area contributed by atoms with Crippen LogP contribution in [0.5, 0.6) is 0 Å². The van der Waals surface area contributed by atoms with E-state index >= 15 is 0 Å². The highest BCUT2D eigenvalue weighted by atomic mass is 16.2. The van der Waals surface area contributed by atoms with Gasteiger partial charge in [-0.15, -0.1) is 0 Å². The Labute approximate surface area is 111 Å². The predicted molar refractivity (Wildman–Crippen MR) is 73.3 cm³/mol. The van der Waals surface area contributed by atoms with E-state index in [0.29, 0.717) is 18.9 Å². The van der Waals surface area contributed by atoms with Gasteiger partial charge in [-0.1, -0.05) is 13.8 Å². The molecule has 0 radical (unpaired) electrons. The number of hydrogen-bond acceptors (Lipinski definition) is 3. The second kappa shape index (κ2) is 8.08. The molecule has 0 saturated heterocycles. The van der Waals surface area contributed by atoms with E-state index in [9.17, 15) is 9.59 Å². The van der Waals surface area contributed by atoms with E-state index in [1.807, 2.05) is 32.8 Å². The summed E-state index contributed by atoms with van der Waals surface area (Å²) in [5, 5.41) is 2.88. The average Bonchev–Trinajstić information content (AvgIpc) is 2.23. The monoisotopic (exact) mass is 257 g/mol. The fourth-order valence-electron chi connectivity index (χ4n) is 1.63. The van der Waals surface area contributed by atoms with Crippen molar-refractivity contribution in [2.75, 3.05) is 34.2 Å². The van der Waals surface area contributed by atoms with Crippen LogP contribution in [-0.2, 0) is 9.59 Å². The lowest BCUT2D eigenvalue weighted by atomic mass is 10.0. The van der Waals surface area contributed by atoms with Crippen molar-refractivity contribution in [3.05, 3.63) is 0 Å². The molecule has 0 spiro atoms. The largest absolute Gasteiger partial charge is 0.353 e. The molecule has 0 aliphatic carbocycles. The number of likely N-dealkylation sites (N-methyl/N-ethyl adjacent to an activating group) is 2. The lowest BCUT2D eigenvalue weighted by molar-refractivity contribution is -0.138. The first kappa shape index (κ1) is 16.9. The van der Waals surface area contributed by atoms with Crippen LogP contribution < -0.4 is 5.32 Å². The third-order valence-corrected chi connectivity index (χ3v) is 2.82. The van der Waals surface area contributed by atoms with Gasteiger partial charge in [-0.25, -0.2) is 0 Å². The lowest BCUT2D eigenvalue weighted by Gasteiger charge is -2.27. The summed E-state index contributed by atoms with van der Waals surface area (Å²) in [4.78, 5) is 27.0. The van der Waals surface area contributed by atoms with Gasteiger partial charge >= 0.3 is 0 Å². The smallest absolute Gasteiger partial charge is 0.242 e. The van der Waals surface area contributed by atoms with Crippen LogP contribution in [0.2, 0.25) is 0 Å². The first-order valence-corrected chi connectivity index (χ1v) is 6.41. The summed E-state index contributed by atoms with van der Waals surface area (Å²) in [7, 11) is 5.60. The van der Waals surface area contributed by atoms with Gasteiger partial charge in [0.15, 0.2) is 0 Å². The zero-order valence-corrected chi connectivity index (χ0v) is 12.5. The molecule has 1 atom stereocenters. The van der Waals surface area contributed by atoms with Crippen LogP contribution in [-0.4, -0.2) is 61.9 Å². The van der Waals surface area contributed by atoms with E-state index in [-0.39, 0.29) is 17.9 Å². The Balaban J connectivity index is 4.45. The molecule has 0 aromatic heterocycles. The Hall–Kier alpha value is -1.10. The van der Waals surface area contributed by atoms with Crippen molar-refractivity contribution in [2.45, 2.75) is 33.2 Å². The quantitative estimate of drug-likeness (QED) is 0.725. The van der Waals surface area contributed by atoms with Gasteiger partial charge in [0.05, 0.1) is 0 Å². The van der Waals surface area contributed by atoms with Gasteiger partial charge in [-0.2, -0.15) is 0 Å². The molecule has 0 heterocycles. The summed E-state index contributed by atoms with van der Waals surface area (Å²) in [6.45, 7) is 6.98. The molecule has 0 fully saturated rings. The highest BCUT2D eigenvalue weighted by molar-refractivity contribution is 5.86. The standard InChI is InChI=1S/C13H27N3O2/c1-10(2)9-12(16(6)11(3)17)13(18)14-7-8-15(4)5/h10,12H,7-9H2,1-6H3,(H,14,18). The SMILES string of the molecule is CC(=O)N(C)C(CC(C)C)C(=O)NCCN(C)C. The van der Waals surface area contributed by atoms with E-state index in [0.717, 1.165) is 6.54 Å². The Kier molecular flexibility index (Phi) is 7.59. The van der Waals surface area contributed by atoms with Crippen molar-refractivity contribution >= 4 is 11.8 Å². The summed E-state index contributed by atoms with van der Waals surface area (Å²) in [5.41, 5.74) is 0. The molecule has 18 heavy (non-hydrogen) atoms. The highest BCUT2D eigenvalue weighted by Gasteiger charge is 2.25. The molecule has 1 unspecified atom stereocenters. The molecule has 106 valence electrons. The Bertz CT molecular complexity index is 277. The Morgan fingerprint density at radius 1 is 1.17 bits per heavy atom. The minimum Gasteiger partial charge on any atom is -0.353 e. The van der Waals surface area contributed by atoms with Crippen LogP contribution in [0.25, 0.3) is 0 Å². The Morgan fingerprint density at radius 2 is 1.72 bits per heavy atom. The van der Waals surface area contributed by atoms with Crippen LogP contribution in [0, 0.1) is 5.92 Å². The minimum atomic E-state index is -0.371. The summed E-state index contributed by atoms with van der Waals surface area (Å²) < 4.78 is 0. The normalized spacial score (nSPS) is 12.7.